The highest BCUT2D eigenvalue weighted by atomic mass is 32.2. The lowest BCUT2D eigenvalue weighted by Gasteiger charge is -2.09. The van der Waals surface area contributed by atoms with E-state index in [4.69, 9.17) is 10.2 Å². The predicted octanol–water partition coefficient (Wildman–Crippen LogP) is 6.48. The summed E-state index contributed by atoms with van der Waals surface area (Å²) in [5, 5.41) is 21.4. The Hall–Kier alpha value is -4.06. The van der Waals surface area contributed by atoms with Gasteiger partial charge in [-0.15, -0.1) is 10.2 Å². The van der Waals surface area contributed by atoms with Crippen molar-refractivity contribution in [2.45, 2.75) is 17.0 Å². The van der Waals surface area contributed by atoms with Gasteiger partial charge in [0.05, 0.1) is 28.4 Å². The van der Waals surface area contributed by atoms with Crippen molar-refractivity contribution in [1.82, 2.24) is 15.2 Å². The van der Waals surface area contributed by atoms with Gasteiger partial charge in [0, 0.05) is 16.7 Å². The molecule has 0 saturated heterocycles. The standard InChI is InChI=1S/C27H19N5OS2/c1-17-6-12-20(13-7-17)24-14-22(21-4-2-3-5-23(21)29-24)25(33)30-26-31-32-27(35-26)34-16-19-10-8-18(15-28)9-11-19/h2-14H,16H2,1H3,(H,30,31,33). The Morgan fingerprint density at radius 3 is 2.57 bits per heavy atom. The molecule has 0 saturated carbocycles. The second-order valence-electron chi connectivity index (χ2n) is 7.86. The van der Waals surface area contributed by atoms with Crippen LogP contribution in [0.2, 0.25) is 0 Å². The first-order chi connectivity index (χ1) is 17.1. The number of anilines is 1. The number of aromatic nitrogens is 3. The summed E-state index contributed by atoms with van der Waals surface area (Å²) in [6.45, 7) is 2.04. The Kier molecular flexibility index (Phi) is 6.53. The number of para-hydroxylation sites is 1. The Balaban J connectivity index is 1.35. The molecule has 170 valence electrons. The molecular formula is C27H19N5OS2. The predicted molar refractivity (Wildman–Crippen MR) is 140 cm³/mol. The van der Waals surface area contributed by atoms with Crippen LogP contribution in [0.4, 0.5) is 5.13 Å². The van der Waals surface area contributed by atoms with E-state index in [1.54, 1.807) is 12.1 Å². The number of benzene rings is 3. The van der Waals surface area contributed by atoms with Gasteiger partial charge in [-0.25, -0.2) is 4.98 Å². The molecule has 0 spiro atoms. The van der Waals surface area contributed by atoms with Crippen LogP contribution in [0.3, 0.4) is 0 Å². The molecule has 6 nitrogen and oxygen atoms in total. The molecule has 1 amide bonds. The van der Waals surface area contributed by atoms with E-state index in [-0.39, 0.29) is 5.91 Å². The number of amides is 1. The number of nitrogens with one attached hydrogen (secondary N) is 1. The first-order valence-corrected chi connectivity index (χ1v) is 12.6. The van der Waals surface area contributed by atoms with Crippen molar-refractivity contribution in [3.8, 4) is 17.3 Å². The van der Waals surface area contributed by atoms with Crippen LogP contribution in [-0.2, 0) is 5.75 Å². The van der Waals surface area contributed by atoms with Crippen molar-refractivity contribution in [2.24, 2.45) is 0 Å². The van der Waals surface area contributed by atoms with Gasteiger partial charge in [0.15, 0.2) is 4.34 Å². The maximum Gasteiger partial charge on any atom is 0.258 e. The molecule has 5 aromatic rings. The number of nitrogens with zero attached hydrogens (tertiary/aromatic N) is 4. The number of fused-ring (bicyclic) bond motifs is 1. The van der Waals surface area contributed by atoms with E-state index < -0.39 is 0 Å². The van der Waals surface area contributed by atoms with E-state index in [1.807, 2.05) is 73.7 Å². The van der Waals surface area contributed by atoms with Crippen LogP contribution < -0.4 is 5.32 Å². The SMILES string of the molecule is Cc1ccc(-c2cc(C(=O)Nc3nnc(SCc4ccc(C#N)cc4)s3)c3ccccc3n2)cc1. The first kappa shape index (κ1) is 22.7. The van der Waals surface area contributed by atoms with Gasteiger partial charge in [-0.05, 0) is 36.8 Å². The van der Waals surface area contributed by atoms with Crippen LogP contribution in [0.5, 0.6) is 0 Å². The van der Waals surface area contributed by atoms with Gasteiger partial charge in [0.25, 0.3) is 5.91 Å². The Morgan fingerprint density at radius 2 is 1.80 bits per heavy atom. The molecule has 2 heterocycles. The van der Waals surface area contributed by atoms with Gasteiger partial charge in [0.1, 0.15) is 0 Å². The molecule has 1 N–H and O–H groups in total. The van der Waals surface area contributed by atoms with Crippen LogP contribution in [-0.4, -0.2) is 21.1 Å². The van der Waals surface area contributed by atoms with Crippen LogP contribution >= 0.6 is 23.1 Å². The molecule has 0 aliphatic carbocycles. The molecule has 8 heteroatoms. The lowest BCUT2D eigenvalue weighted by Crippen LogP contribution is -2.13. The van der Waals surface area contributed by atoms with Gasteiger partial charge < -0.3 is 0 Å². The number of rotatable bonds is 6. The summed E-state index contributed by atoms with van der Waals surface area (Å²) < 4.78 is 0.754. The minimum Gasteiger partial charge on any atom is -0.296 e. The molecule has 0 bridgehead atoms. The third kappa shape index (κ3) is 5.22. The Bertz CT molecular complexity index is 1550. The maximum absolute atomic E-state index is 13.3. The molecule has 0 aliphatic rings. The van der Waals surface area contributed by atoms with E-state index in [9.17, 15) is 4.79 Å². The van der Waals surface area contributed by atoms with Crippen molar-refractivity contribution >= 4 is 45.0 Å². The molecule has 0 atom stereocenters. The van der Waals surface area contributed by atoms with Crippen molar-refractivity contribution in [2.75, 3.05) is 5.32 Å². The van der Waals surface area contributed by atoms with Gasteiger partial charge in [-0.3, -0.25) is 10.1 Å². The molecule has 0 fully saturated rings. The first-order valence-electron chi connectivity index (χ1n) is 10.8. The highest BCUT2D eigenvalue weighted by Crippen LogP contribution is 2.30. The van der Waals surface area contributed by atoms with E-state index in [0.29, 0.717) is 22.0 Å². The number of carbonyl (C=O) groups is 1. The average molecular weight is 494 g/mol. The van der Waals surface area contributed by atoms with Gasteiger partial charge in [0.2, 0.25) is 5.13 Å². The van der Waals surface area contributed by atoms with Gasteiger partial charge in [-0.2, -0.15) is 5.26 Å². The second-order valence-corrected chi connectivity index (χ2v) is 10.1. The Morgan fingerprint density at radius 1 is 1.03 bits per heavy atom. The lowest BCUT2D eigenvalue weighted by molar-refractivity contribution is 0.102. The monoisotopic (exact) mass is 493 g/mol. The van der Waals surface area contributed by atoms with Crippen LogP contribution in [0.25, 0.3) is 22.2 Å². The summed E-state index contributed by atoms with van der Waals surface area (Å²) in [5.74, 6) is 0.445. The van der Waals surface area contributed by atoms with Crippen molar-refractivity contribution in [1.29, 1.82) is 5.26 Å². The van der Waals surface area contributed by atoms with Crippen LogP contribution in [0.15, 0.2) is 83.2 Å². The van der Waals surface area contributed by atoms with Gasteiger partial charge in [-0.1, -0.05) is 83.3 Å². The fourth-order valence-electron chi connectivity index (χ4n) is 3.54. The van der Waals surface area contributed by atoms with E-state index in [0.717, 1.165) is 37.6 Å². The highest BCUT2D eigenvalue weighted by molar-refractivity contribution is 8.00. The van der Waals surface area contributed by atoms with Crippen molar-refractivity contribution in [3.05, 3.63) is 101 Å². The largest absolute Gasteiger partial charge is 0.296 e. The molecule has 5 rings (SSSR count). The minimum absolute atomic E-state index is 0.253. The number of thioether (sulfide) groups is 1. The number of hydrogen-bond acceptors (Lipinski definition) is 7. The zero-order valence-corrected chi connectivity index (χ0v) is 20.4. The number of pyridine rings is 1. The number of hydrogen-bond donors (Lipinski definition) is 1. The van der Waals surface area contributed by atoms with E-state index in [1.165, 1.54) is 23.1 Å². The summed E-state index contributed by atoms with van der Waals surface area (Å²) in [4.78, 5) is 18.0. The second kappa shape index (κ2) is 10.1. The number of aryl methyl sites for hydroxylation is 1. The van der Waals surface area contributed by atoms with E-state index >= 15 is 0 Å². The van der Waals surface area contributed by atoms with Crippen molar-refractivity contribution < 1.29 is 4.79 Å². The third-order valence-corrected chi connectivity index (χ3v) is 7.42. The highest BCUT2D eigenvalue weighted by Gasteiger charge is 2.16. The number of carbonyl (C=O) groups excluding carboxylic acids is 1. The zero-order chi connectivity index (χ0) is 24.2. The summed E-state index contributed by atoms with van der Waals surface area (Å²) >= 11 is 2.87. The Labute approximate surface area is 210 Å². The molecular weight excluding hydrogens is 474 g/mol. The fourth-order valence-corrected chi connectivity index (χ4v) is 5.24. The third-order valence-electron chi connectivity index (χ3n) is 5.38. The van der Waals surface area contributed by atoms with Crippen molar-refractivity contribution in [3.63, 3.8) is 0 Å². The summed E-state index contributed by atoms with van der Waals surface area (Å²) in [7, 11) is 0. The molecule has 2 aromatic heterocycles. The summed E-state index contributed by atoms with van der Waals surface area (Å²) in [5.41, 5.74) is 5.87. The van der Waals surface area contributed by atoms with Crippen LogP contribution in [0, 0.1) is 18.3 Å². The zero-order valence-electron chi connectivity index (χ0n) is 18.7. The molecule has 0 aliphatic heterocycles. The van der Waals surface area contributed by atoms with E-state index in [2.05, 4.69) is 21.6 Å². The number of nitriles is 1. The normalized spacial score (nSPS) is 10.7. The van der Waals surface area contributed by atoms with Crippen LogP contribution in [0.1, 0.15) is 27.0 Å². The topological polar surface area (TPSA) is 91.6 Å². The molecule has 0 unspecified atom stereocenters. The quantitative estimate of drug-likeness (QED) is 0.215. The summed E-state index contributed by atoms with van der Waals surface area (Å²) in [6.07, 6.45) is 0. The minimum atomic E-state index is -0.253. The molecule has 3 aromatic carbocycles. The average Bonchev–Trinajstić information content (AvgIpc) is 3.34. The summed E-state index contributed by atoms with van der Waals surface area (Å²) in [6, 6.07) is 27.1. The smallest absolute Gasteiger partial charge is 0.258 e. The molecule has 0 radical (unpaired) electrons. The fraction of sp³-hybridized carbons (Fsp3) is 0.0741. The van der Waals surface area contributed by atoms with Gasteiger partial charge >= 0.3 is 0 Å². The molecule has 35 heavy (non-hydrogen) atoms. The maximum atomic E-state index is 13.3. The lowest BCUT2D eigenvalue weighted by atomic mass is 10.0.